The maximum absolute atomic E-state index is 6.22. The van der Waals surface area contributed by atoms with Crippen LogP contribution in [0.5, 0.6) is 5.75 Å². The molecule has 2 aliphatic rings. The summed E-state index contributed by atoms with van der Waals surface area (Å²) >= 11 is 0. The summed E-state index contributed by atoms with van der Waals surface area (Å²) in [7, 11) is 2.21. The molecule has 3 nitrogen and oxygen atoms in total. The van der Waals surface area contributed by atoms with Gasteiger partial charge >= 0.3 is 0 Å². The van der Waals surface area contributed by atoms with Gasteiger partial charge in [-0.15, -0.1) is 0 Å². The largest absolute Gasteiger partial charge is 0.493 e. The Kier molecular flexibility index (Phi) is 3.99. The average Bonchev–Trinajstić information content (AvgIpc) is 2.49. The molecule has 0 radical (unpaired) electrons. The fourth-order valence-corrected chi connectivity index (χ4v) is 3.17. The Morgan fingerprint density at radius 1 is 1.30 bits per heavy atom. The Morgan fingerprint density at radius 3 is 2.90 bits per heavy atom. The van der Waals surface area contributed by atoms with Gasteiger partial charge in [0.25, 0.3) is 0 Å². The maximum atomic E-state index is 6.22. The van der Waals surface area contributed by atoms with Crippen molar-refractivity contribution in [2.24, 2.45) is 5.41 Å². The number of fused-ring (bicyclic) bond motifs is 1. The van der Waals surface area contributed by atoms with E-state index in [1.165, 1.54) is 37.1 Å². The van der Waals surface area contributed by atoms with Gasteiger partial charge in [-0.05, 0) is 57.6 Å². The van der Waals surface area contributed by atoms with E-state index in [0.717, 1.165) is 31.9 Å². The molecule has 3 rings (SSSR count). The molecule has 0 unspecified atom stereocenters. The fourth-order valence-electron chi connectivity index (χ4n) is 3.17. The van der Waals surface area contributed by atoms with Gasteiger partial charge in [-0.2, -0.15) is 0 Å². The summed E-state index contributed by atoms with van der Waals surface area (Å²) in [6.07, 6.45) is 3.59. The molecule has 0 aromatic heterocycles. The Labute approximate surface area is 122 Å². The second-order valence-corrected chi connectivity index (χ2v) is 6.72. The lowest BCUT2D eigenvalue weighted by molar-refractivity contribution is 0.0797. The van der Waals surface area contributed by atoms with Gasteiger partial charge in [0.1, 0.15) is 5.75 Å². The number of nitrogens with one attached hydrogen (secondary N) is 1. The van der Waals surface area contributed by atoms with Crippen LogP contribution < -0.4 is 10.1 Å². The molecule has 0 bridgehead atoms. The molecule has 3 heteroatoms. The first kappa shape index (κ1) is 13.9. The maximum Gasteiger partial charge on any atom is 0.124 e. The van der Waals surface area contributed by atoms with E-state index in [-0.39, 0.29) is 0 Å². The van der Waals surface area contributed by atoms with E-state index in [1.807, 2.05) is 0 Å². The van der Waals surface area contributed by atoms with Gasteiger partial charge in [-0.25, -0.2) is 0 Å². The molecule has 1 aromatic rings. The highest BCUT2D eigenvalue weighted by molar-refractivity contribution is 5.41. The molecule has 0 atom stereocenters. The van der Waals surface area contributed by atoms with Gasteiger partial charge in [0, 0.05) is 17.5 Å². The second-order valence-electron chi connectivity index (χ2n) is 6.72. The second kappa shape index (κ2) is 5.74. The Bertz CT molecular complexity index is 464. The quantitative estimate of drug-likeness (QED) is 0.916. The predicted octanol–water partition coefficient (Wildman–Crippen LogP) is 2.44. The van der Waals surface area contributed by atoms with E-state index < -0.39 is 0 Å². The summed E-state index contributed by atoms with van der Waals surface area (Å²) < 4.78 is 6.22. The summed E-state index contributed by atoms with van der Waals surface area (Å²) in [5.41, 5.74) is 3.15. The van der Waals surface area contributed by atoms with Gasteiger partial charge in [0.2, 0.25) is 0 Å². The molecule has 0 amide bonds. The normalized spacial score (nSPS) is 22.3. The van der Waals surface area contributed by atoms with Crippen molar-refractivity contribution in [2.75, 3.05) is 33.3 Å². The molecular formula is C17H26N2O. The van der Waals surface area contributed by atoms with E-state index >= 15 is 0 Å². The third kappa shape index (κ3) is 2.99. The van der Waals surface area contributed by atoms with Crippen LogP contribution in [0.4, 0.5) is 0 Å². The first-order valence-corrected chi connectivity index (χ1v) is 7.79. The van der Waals surface area contributed by atoms with Crippen molar-refractivity contribution in [3.63, 3.8) is 0 Å². The van der Waals surface area contributed by atoms with Crippen molar-refractivity contribution >= 4 is 0 Å². The number of nitrogens with zero attached hydrogens (tertiary/aromatic N) is 1. The smallest absolute Gasteiger partial charge is 0.124 e. The summed E-state index contributed by atoms with van der Waals surface area (Å²) in [5, 5.41) is 3.45. The first-order chi connectivity index (χ1) is 9.66. The monoisotopic (exact) mass is 274 g/mol. The van der Waals surface area contributed by atoms with Gasteiger partial charge in [0.15, 0.2) is 0 Å². The van der Waals surface area contributed by atoms with Crippen molar-refractivity contribution in [2.45, 2.75) is 32.7 Å². The molecule has 0 spiro atoms. The number of piperidine rings is 1. The van der Waals surface area contributed by atoms with Crippen molar-refractivity contribution in [1.82, 2.24) is 10.2 Å². The molecule has 1 aromatic carbocycles. The molecule has 2 aliphatic heterocycles. The highest BCUT2D eigenvalue weighted by Gasteiger charge is 2.30. The molecule has 1 saturated heterocycles. The van der Waals surface area contributed by atoms with Crippen LogP contribution >= 0.6 is 0 Å². The number of hydrogen-bond donors (Lipinski definition) is 1. The zero-order valence-electron chi connectivity index (χ0n) is 12.7. The summed E-state index contributed by atoms with van der Waals surface area (Å²) in [6, 6.07) is 6.50. The van der Waals surface area contributed by atoms with E-state index in [4.69, 9.17) is 4.74 Å². The lowest BCUT2D eigenvalue weighted by Gasteiger charge is -2.37. The van der Waals surface area contributed by atoms with Crippen LogP contribution in [0.1, 0.15) is 30.9 Å². The number of benzene rings is 1. The fraction of sp³-hybridized carbons (Fsp3) is 0.647. The molecule has 110 valence electrons. The van der Waals surface area contributed by atoms with Crippen LogP contribution in [-0.4, -0.2) is 38.2 Å². The third-order valence-electron chi connectivity index (χ3n) is 4.87. The van der Waals surface area contributed by atoms with Gasteiger partial charge < -0.3 is 15.0 Å². The zero-order valence-corrected chi connectivity index (χ0v) is 12.7. The van der Waals surface area contributed by atoms with Crippen molar-refractivity contribution in [1.29, 1.82) is 0 Å². The molecule has 2 heterocycles. The highest BCUT2D eigenvalue weighted by Crippen LogP contribution is 2.33. The van der Waals surface area contributed by atoms with E-state index in [9.17, 15) is 0 Å². The lowest BCUT2D eigenvalue weighted by atomic mass is 9.81. The number of rotatable bonds is 3. The lowest BCUT2D eigenvalue weighted by Crippen LogP contribution is -2.39. The Balaban J connectivity index is 1.66. The van der Waals surface area contributed by atoms with Gasteiger partial charge in [-0.3, -0.25) is 0 Å². The number of hydrogen-bond acceptors (Lipinski definition) is 3. The molecule has 1 N–H and O–H groups in total. The Hall–Kier alpha value is -1.06. The molecule has 1 fully saturated rings. The van der Waals surface area contributed by atoms with Crippen LogP contribution in [0.2, 0.25) is 0 Å². The third-order valence-corrected chi connectivity index (χ3v) is 4.87. The topological polar surface area (TPSA) is 24.5 Å². The van der Waals surface area contributed by atoms with Crippen molar-refractivity contribution in [3.05, 3.63) is 29.3 Å². The van der Waals surface area contributed by atoms with Gasteiger partial charge in [-0.1, -0.05) is 19.1 Å². The standard InChI is InChI=1S/C17H26N2O/c1-17(7-10-19(2)11-8-17)13-20-16-5-3-4-14-6-9-18-12-15(14)16/h3-5,18H,6-13H2,1-2H3. The number of likely N-dealkylation sites (tertiary alicyclic amines) is 1. The van der Waals surface area contributed by atoms with Crippen LogP contribution in [-0.2, 0) is 13.0 Å². The van der Waals surface area contributed by atoms with E-state index in [2.05, 4.69) is 42.4 Å². The molecular weight excluding hydrogens is 248 g/mol. The predicted molar refractivity (Wildman–Crippen MR) is 82.2 cm³/mol. The summed E-state index contributed by atoms with van der Waals surface area (Å²) in [6.45, 7) is 7.62. The molecule has 20 heavy (non-hydrogen) atoms. The van der Waals surface area contributed by atoms with Gasteiger partial charge in [0.05, 0.1) is 6.61 Å². The van der Waals surface area contributed by atoms with Crippen LogP contribution in [0.3, 0.4) is 0 Å². The van der Waals surface area contributed by atoms with E-state index in [0.29, 0.717) is 5.41 Å². The highest BCUT2D eigenvalue weighted by atomic mass is 16.5. The minimum absolute atomic E-state index is 0.331. The van der Waals surface area contributed by atoms with Crippen LogP contribution in [0, 0.1) is 5.41 Å². The number of ether oxygens (including phenoxy) is 1. The zero-order chi connectivity index (χ0) is 14.0. The molecule has 0 saturated carbocycles. The summed E-state index contributed by atoms with van der Waals surface area (Å²) in [5.74, 6) is 1.09. The first-order valence-electron chi connectivity index (χ1n) is 7.79. The SMILES string of the molecule is CN1CCC(C)(COc2cccc3c2CNCC3)CC1. The average molecular weight is 274 g/mol. The Morgan fingerprint density at radius 2 is 2.10 bits per heavy atom. The van der Waals surface area contributed by atoms with Crippen LogP contribution in [0.25, 0.3) is 0 Å². The van der Waals surface area contributed by atoms with Crippen molar-refractivity contribution in [3.8, 4) is 5.75 Å². The van der Waals surface area contributed by atoms with E-state index in [1.54, 1.807) is 0 Å². The van der Waals surface area contributed by atoms with Crippen LogP contribution in [0.15, 0.2) is 18.2 Å². The molecule has 0 aliphatic carbocycles. The van der Waals surface area contributed by atoms with Crippen molar-refractivity contribution < 1.29 is 4.74 Å². The minimum atomic E-state index is 0.331. The minimum Gasteiger partial charge on any atom is -0.493 e. The summed E-state index contributed by atoms with van der Waals surface area (Å²) in [4.78, 5) is 2.41.